The van der Waals surface area contributed by atoms with Crippen LogP contribution in [-0.4, -0.2) is 37.3 Å². The van der Waals surface area contributed by atoms with E-state index in [0.717, 1.165) is 22.4 Å². The number of thioether (sulfide) groups is 1. The molecule has 0 saturated carbocycles. The first-order chi connectivity index (χ1) is 12.8. The van der Waals surface area contributed by atoms with Crippen LogP contribution >= 0.6 is 11.8 Å². The number of amides is 1. The van der Waals surface area contributed by atoms with E-state index >= 15 is 0 Å². The predicted octanol–water partition coefficient (Wildman–Crippen LogP) is 4.70. The molecule has 7 heteroatoms. The highest BCUT2D eigenvalue weighted by molar-refractivity contribution is 7.99. The number of anilines is 1. The van der Waals surface area contributed by atoms with E-state index < -0.39 is 5.76 Å². The van der Waals surface area contributed by atoms with Crippen molar-refractivity contribution >= 4 is 23.4 Å². The fraction of sp³-hybridized carbons (Fsp3) is 0.350. The number of benzene rings is 2. The van der Waals surface area contributed by atoms with Crippen molar-refractivity contribution in [3.63, 3.8) is 0 Å². The van der Waals surface area contributed by atoms with E-state index in [1.165, 1.54) is 0 Å². The van der Waals surface area contributed by atoms with E-state index in [1.807, 2.05) is 25.8 Å². The Morgan fingerprint density at radius 1 is 1.19 bits per heavy atom. The summed E-state index contributed by atoms with van der Waals surface area (Å²) in [6, 6.07) is 10.5. The Kier molecular flexibility index (Phi) is 7.62. The van der Waals surface area contributed by atoms with Crippen molar-refractivity contribution in [2.75, 3.05) is 26.0 Å². The van der Waals surface area contributed by atoms with Crippen LogP contribution in [0.15, 0.2) is 41.3 Å². The molecular weight excluding hydrogens is 370 g/mol. The summed E-state index contributed by atoms with van der Waals surface area (Å²) in [5, 5.41) is 2.78. The minimum absolute atomic E-state index is 0.159. The summed E-state index contributed by atoms with van der Waals surface area (Å²) in [4.78, 5) is 14.6. The maximum Gasteiger partial charge on any atom is 0.288 e. The van der Waals surface area contributed by atoms with E-state index in [9.17, 15) is 13.6 Å². The van der Waals surface area contributed by atoms with Crippen LogP contribution in [0.4, 0.5) is 14.5 Å². The number of carbonyl (C=O) groups excluding carboxylic acids is 1. The molecule has 2 aromatic carbocycles. The molecule has 0 aliphatic rings. The van der Waals surface area contributed by atoms with Gasteiger partial charge in [0.25, 0.3) is 5.76 Å². The summed E-state index contributed by atoms with van der Waals surface area (Å²) in [6.45, 7) is 4.84. The van der Waals surface area contributed by atoms with E-state index in [-0.39, 0.29) is 12.5 Å². The Hall–Kier alpha value is -2.12. The van der Waals surface area contributed by atoms with E-state index in [0.29, 0.717) is 28.9 Å². The van der Waals surface area contributed by atoms with Gasteiger partial charge in [0.15, 0.2) is 0 Å². The highest BCUT2D eigenvalue weighted by Gasteiger charge is 2.11. The standard InChI is InChI=1S/C20H24F2N2O2S/c1-13-9-15(10-14(2)19(13)26-4)11-24(3)12-18(25)23-16-5-7-17(8-6-16)27-20(21)22/h5-10,20H,11-12H2,1-4H3,(H,23,25). The van der Waals surface area contributed by atoms with Gasteiger partial charge in [-0.05, 0) is 61.9 Å². The molecule has 2 aromatic rings. The van der Waals surface area contributed by atoms with Gasteiger partial charge in [-0.25, -0.2) is 0 Å². The number of carbonyl (C=O) groups is 1. The van der Waals surface area contributed by atoms with Gasteiger partial charge in [-0.15, -0.1) is 0 Å². The van der Waals surface area contributed by atoms with Gasteiger partial charge < -0.3 is 10.1 Å². The normalized spacial score (nSPS) is 11.1. The SMILES string of the molecule is COc1c(C)cc(CN(C)CC(=O)Nc2ccc(SC(F)F)cc2)cc1C. The van der Waals surface area contributed by atoms with Crippen molar-refractivity contribution in [1.29, 1.82) is 0 Å². The molecule has 2 rings (SSSR count). The lowest BCUT2D eigenvalue weighted by Gasteiger charge is -2.18. The summed E-state index contributed by atoms with van der Waals surface area (Å²) >= 11 is 0.480. The number of nitrogens with one attached hydrogen (secondary N) is 1. The second-order valence-electron chi connectivity index (χ2n) is 6.39. The minimum Gasteiger partial charge on any atom is -0.496 e. The van der Waals surface area contributed by atoms with Crippen LogP contribution in [-0.2, 0) is 11.3 Å². The molecule has 0 radical (unpaired) electrons. The van der Waals surface area contributed by atoms with Crippen LogP contribution in [0.2, 0.25) is 0 Å². The summed E-state index contributed by atoms with van der Waals surface area (Å²) in [7, 11) is 3.53. The first-order valence-electron chi connectivity index (χ1n) is 8.46. The molecule has 4 nitrogen and oxygen atoms in total. The molecule has 0 unspecified atom stereocenters. The summed E-state index contributed by atoms with van der Waals surface area (Å²) in [5.41, 5.74) is 3.82. The second kappa shape index (κ2) is 9.71. The third-order valence-electron chi connectivity index (χ3n) is 3.95. The Balaban J connectivity index is 1.90. The summed E-state index contributed by atoms with van der Waals surface area (Å²) in [5.74, 6) is -1.73. The van der Waals surface area contributed by atoms with Gasteiger partial charge in [0, 0.05) is 17.1 Å². The van der Waals surface area contributed by atoms with Crippen molar-refractivity contribution in [3.05, 3.63) is 53.1 Å². The lowest BCUT2D eigenvalue weighted by atomic mass is 10.1. The Labute approximate surface area is 162 Å². The number of methoxy groups -OCH3 is 1. The maximum atomic E-state index is 12.3. The number of aryl methyl sites for hydroxylation is 2. The fourth-order valence-electron chi connectivity index (χ4n) is 2.99. The molecule has 0 aliphatic heterocycles. The monoisotopic (exact) mass is 394 g/mol. The molecule has 0 fully saturated rings. The molecule has 0 aromatic heterocycles. The lowest BCUT2D eigenvalue weighted by Crippen LogP contribution is -2.29. The first-order valence-corrected chi connectivity index (χ1v) is 9.34. The number of hydrogen-bond donors (Lipinski definition) is 1. The van der Waals surface area contributed by atoms with Crippen molar-refractivity contribution in [3.8, 4) is 5.75 Å². The average molecular weight is 394 g/mol. The first kappa shape index (κ1) is 21.2. The van der Waals surface area contributed by atoms with Crippen LogP contribution < -0.4 is 10.1 Å². The quantitative estimate of drug-likeness (QED) is 0.659. The van der Waals surface area contributed by atoms with Gasteiger partial charge in [-0.2, -0.15) is 8.78 Å². The molecule has 0 atom stereocenters. The smallest absolute Gasteiger partial charge is 0.288 e. The Morgan fingerprint density at radius 2 is 1.78 bits per heavy atom. The zero-order valence-corrected chi connectivity index (χ0v) is 16.7. The maximum absolute atomic E-state index is 12.3. The van der Waals surface area contributed by atoms with Crippen molar-refractivity contribution in [1.82, 2.24) is 4.90 Å². The van der Waals surface area contributed by atoms with Gasteiger partial charge >= 0.3 is 0 Å². The van der Waals surface area contributed by atoms with Gasteiger partial charge in [0.05, 0.1) is 13.7 Å². The molecule has 0 aliphatic carbocycles. The molecular formula is C20H24F2N2O2S. The number of rotatable bonds is 8. The van der Waals surface area contributed by atoms with Gasteiger partial charge in [0.2, 0.25) is 5.91 Å². The summed E-state index contributed by atoms with van der Waals surface area (Å²) in [6.07, 6.45) is 0. The fourth-order valence-corrected chi connectivity index (χ4v) is 3.49. The molecule has 1 N–H and O–H groups in total. The third kappa shape index (κ3) is 6.52. The number of nitrogens with zero attached hydrogens (tertiary/aromatic N) is 1. The van der Waals surface area contributed by atoms with Crippen molar-refractivity contribution in [2.24, 2.45) is 0 Å². The van der Waals surface area contributed by atoms with Crippen molar-refractivity contribution < 1.29 is 18.3 Å². The van der Waals surface area contributed by atoms with E-state index in [1.54, 1.807) is 31.4 Å². The zero-order valence-electron chi connectivity index (χ0n) is 15.9. The molecule has 27 heavy (non-hydrogen) atoms. The van der Waals surface area contributed by atoms with Crippen LogP contribution in [0.3, 0.4) is 0 Å². The minimum atomic E-state index is -2.45. The molecule has 0 bridgehead atoms. The average Bonchev–Trinajstić information content (AvgIpc) is 2.55. The van der Waals surface area contributed by atoms with Crippen LogP contribution in [0.25, 0.3) is 0 Å². The van der Waals surface area contributed by atoms with Crippen LogP contribution in [0.5, 0.6) is 5.75 Å². The van der Waals surface area contributed by atoms with Crippen molar-refractivity contribution in [2.45, 2.75) is 31.0 Å². The molecule has 1 amide bonds. The number of halogens is 2. The Bertz CT molecular complexity index is 759. The number of ether oxygens (including phenoxy) is 1. The van der Waals surface area contributed by atoms with E-state index in [2.05, 4.69) is 17.4 Å². The molecule has 0 heterocycles. The van der Waals surface area contributed by atoms with Crippen LogP contribution in [0.1, 0.15) is 16.7 Å². The number of alkyl halides is 2. The zero-order chi connectivity index (χ0) is 20.0. The lowest BCUT2D eigenvalue weighted by molar-refractivity contribution is -0.117. The molecule has 146 valence electrons. The summed E-state index contributed by atoms with van der Waals surface area (Å²) < 4.78 is 30.0. The number of likely N-dealkylation sites (N-methyl/N-ethyl adjacent to an activating group) is 1. The van der Waals surface area contributed by atoms with Gasteiger partial charge in [0.1, 0.15) is 5.75 Å². The topological polar surface area (TPSA) is 41.6 Å². The largest absolute Gasteiger partial charge is 0.496 e. The van der Waals surface area contributed by atoms with E-state index in [4.69, 9.17) is 4.74 Å². The number of hydrogen-bond acceptors (Lipinski definition) is 4. The second-order valence-corrected chi connectivity index (χ2v) is 7.45. The van der Waals surface area contributed by atoms with Gasteiger partial charge in [-0.1, -0.05) is 23.9 Å². The predicted molar refractivity (Wildman–Crippen MR) is 106 cm³/mol. The highest BCUT2D eigenvalue weighted by Crippen LogP contribution is 2.26. The highest BCUT2D eigenvalue weighted by atomic mass is 32.2. The molecule has 0 saturated heterocycles. The third-order valence-corrected chi connectivity index (χ3v) is 4.68. The molecule has 0 spiro atoms. The van der Waals surface area contributed by atoms with Crippen LogP contribution in [0, 0.1) is 13.8 Å². The van der Waals surface area contributed by atoms with Gasteiger partial charge in [-0.3, -0.25) is 9.69 Å². The Morgan fingerprint density at radius 3 is 2.30 bits per heavy atom.